The second kappa shape index (κ2) is 4.74. The molecular formula is C25H13BN2. The number of fused-ring (bicyclic) bond motifs is 8. The van der Waals surface area contributed by atoms with E-state index in [0.29, 0.717) is 0 Å². The Bertz CT molecular complexity index is 1530. The molecule has 0 fully saturated rings. The quantitative estimate of drug-likeness (QED) is 0.287. The Morgan fingerprint density at radius 1 is 0.750 bits per heavy atom. The largest absolute Gasteiger partial charge is 0.310 e. The van der Waals surface area contributed by atoms with Gasteiger partial charge in [-0.05, 0) is 40.2 Å². The van der Waals surface area contributed by atoms with Crippen LogP contribution in [-0.2, 0) is 0 Å². The molecule has 3 heterocycles. The summed E-state index contributed by atoms with van der Waals surface area (Å²) in [4.78, 5) is 3.81. The summed E-state index contributed by atoms with van der Waals surface area (Å²) >= 11 is 0. The Morgan fingerprint density at radius 2 is 1.57 bits per heavy atom. The molecule has 5 aromatic rings. The van der Waals surface area contributed by atoms with Gasteiger partial charge in [0.05, 0.1) is 12.1 Å². The van der Waals surface area contributed by atoms with Gasteiger partial charge in [0.1, 0.15) is 0 Å². The zero-order valence-corrected chi connectivity index (χ0v) is 15.0. The molecule has 0 unspecified atom stereocenters. The third kappa shape index (κ3) is 1.48. The average molecular weight is 352 g/mol. The molecule has 28 heavy (non-hydrogen) atoms. The molecule has 0 bridgehead atoms. The highest BCUT2D eigenvalue weighted by Crippen LogP contribution is 2.38. The second-order valence-electron chi connectivity index (χ2n) is 7.65. The maximum absolute atomic E-state index is 7.67. The smallest absolute Gasteiger partial charge is 0.246 e. The lowest BCUT2D eigenvalue weighted by Crippen LogP contribution is -2.53. The Morgan fingerprint density at radius 3 is 2.50 bits per heavy atom. The zero-order valence-electron chi connectivity index (χ0n) is 15.0. The van der Waals surface area contributed by atoms with Crippen LogP contribution in [0, 0.1) is 6.57 Å². The third-order valence-corrected chi connectivity index (χ3v) is 6.40. The molecule has 0 aliphatic carbocycles. The average Bonchev–Trinajstić information content (AvgIpc) is 3.27. The van der Waals surface area contributed by atoms with Crippen LogP contribution in [0.15, 0.2) is 78.9 Å². The Hall–Kier alpha value is -3.77. The van der Waals surface area contributed by atoms with Crippen molar-refractivity contribution in [2.75, 3.05) is 0 Å². The standard InChI is InChI=1S/C25H13BN2/c1-27-15-13-19-17-8-3-5-11-22(17)28-23-12-6-9-18-16-7-2-4-10-20(16)26(24(18)23)21(14-15)25(19)28/h2-14H. The van der Waals surface area contributed by atoms with Crippen molar-refractivity contribution in [2.45, 2.75) is 0 Å². The van der Waals surface area contributed by atoms with Gasteiger partial charge in [0.15, 0.2) is 5.69 Å². The van der Waals surface area contributed by atoms with Crippen LogP contribution in [0.2, 0.25) is 0 Å². The fourth-order valence-electron chi connectivity index (χ4n) is 5.41. The summed E-state index contributed by atoms with van der Waals surface area (Å²) in [5.74, 6) is 0. The van der Waals surface area contributed by atoms with Crippen LogP contribution in [-0.4, -0.2) is 11.3 Å². The lowest BCUT2D eigenvalue weighted by molar-refractivity contribution is 1.19. The summed E-state index contributed by atoms with van der Waals surface area (Å²) in [7, 11) is 0. The molecule has 3 heteroatoms. The Labute approximate surface area is 162 Å². The second-order valence-corrected chi connectivity index (χ2v) is 7.65. The number of rotatable bonds is 0. The molecule has 0 radical (unpaired) electrons. The van der Waals surface area contributed by atoms with Crippen molar-refractivity contribution in [1.82, 2.24) is 4.57 Å². The molecule has 126 valence electrons. The van der Waals surface area contributed by atoms with Crippen LogP contribution < -0.4 is 16.4 Å². The lowest BCUT2D eigenvalue weighted by Gasteiger charge is -2.25. The molecule has 1 aromatic heterocycles. The number of aromatic nitrogens is 1. The minimum atomic E-state index is 0.198. The predicted molar refractivity (Wildman–Crippen MR) is 117 cm³/mol. The number of benzene rings is 4. The van der Waals surface area contributed by atoms with Gasteiger partial charge in [0.25, 0.3) is 0 Å². The monoisotopic (exact) mass is 352 g/mol. The molecule has 4 aromatic carbocycles. The molecule has 0 saturated carbocycles. The van der Waals surface area contributed by atoms with Gasteiger partial charge in [-0.3, -0.25) is 0 Å². The number of hydrogen-bond acceptors (Lipinski definition) is 0. The molecule has 2 nitrogen and oxygen atoms in total. The van der Waals surface area contributed by atoms with Crippen molar-refractivity contribution in [3.8, 4) is 16.8 Å². The van der Waals surface area contributed by atoms with Gasteiger partial charge in [0.2, 0.25) is 6.71 Å². The first-order chi connectivity index (χ1) is 13.9. The molecule has 0 atom stereocenters. The summed E-state index contributed by atoms with van der Waals surface area (Å²) < 4.78 is 2.41. The third-order valence-electron chi connectivity index (χ3n) is 6.40. The van der Waals surface area contributed by atoms with E-state index in [1.165, 1.54) is 55.0 Å². The Balaban J connectivity index is 1.79. The van der Waals surface area contributed by atoms with Crippen molar-refractivity contribution in [1.29, 1.82) is 0 Å². The zero-order chi connectivity index (χ0) is 18.4. The minimum Gasteiger partial charge on any atom is -0.310 e. The highest BCUT2D eigenvalue weighted by molar-refractivity contribution is 7.01. The Kier molecular flexibility index (Phi) is 2.42. The van der Waals surface area contributed by atoms with Gasteiger partial charge in [0, 0.05) is 16.6 Å². The van der Waals surface area contributed by atoms with E-state index >= 15 is 0 Å². The molecule has 0 N–H and O–H groups in total. The van der Waals surface area contributed by atoms with Gasteiger partial charge in [-0.2, -0.15) is 0 Å². The minimum absolute atomic E-state index is 0.198. The summed E-state index contributed by atoms with van der Waals surface area (Å²) in [5.41, 5.74) is 11.1. The van der Waals surface area contributed by atoms with Crippen LogP contribution >= 0.6 is 0 Å². The van der Waals surface area contributed by atoms with Crippen LogP contribution in [0.25, 0.3) is 43.5 Å². The van der Waals surface area contributed by atoms with Crippen LogP contribution in [0.4, 0.5) is 5.69 Å². The predicted octanol–water partition coefficient (Wildman–Crippen LogP) is 4.14. The number of hydrogen-bond donors (Lipinski definition) is 0. The number of para-hydroxylation sites is 1. The van der Waals surface area contributed by atoms with Crippen molar-refractivity contribution in [2.24, 2.45) is 0 Å². The van der Waals surface area contributed by atoms with E-state index in [2.05, 4.69) is 88.3 Å². The van der Waals surface area contributed by atoms with E-state index in [1.54, 1.807) is 0 Å². The van der Waals surface area contributed by atoms with E-state index in [9.17, 15) is 0 Å². The fourth-order valence-corrected chi connectivity index (χ4v) is 5.41. The maximum Gasteiger partial charge on any atom is 0.246 e. The highest BCUT2D eigenvalue weighted by atomic mass is 15.0. The highest BCUT2D eigenvalue weighted by Gasteiger charge is 2.40. The van der Waals surface area contributed by atoms with Crippen LogP contribution in [0.5, 0.6) is 0 Å². The molecule has 0 saturated heterocycles. The normalized spacial score (nSPS) is 12.9. The summed E-state index contributed by atoms with van der Waals surface area (Å²) in [5, 5.41) is 2.40. The summed E-state index contributed by atoms with van der Waals surface area (Å²) in [6, 6.07) is 28.1. The van der Waals surface area contributed by atoms with Gasteiger partial charge in [-0.25, -0.2) is 4.85 Å². The first-order valence-corrected chi connectivity index (χ1v) is 9.54. The first kappa shape index (κ1) is 14.3. The van der Waals surface area contributed by atoms with E-state index < -0.39 is 0 Å². The van der Waals surface area contributed by atoms with Gasteiger partial charge >= 0.3 is 0 Å². The van der Waals surface area contributed by atoms with E-state index in [1.807, 2.05) is 0 Å². The maximum atomic E-state index is 7.67. The molecule has 0 amide bonds. The topological polar surface area (TPSA) is 9.29 Å². The van der Waals surface area contributed by atoms with E-state index in [0.717, 1.165) is 5.69 Å². The lowest BCUT2D eigenvalue weighted by atomic mass is 9.37. The SMILES string of the molecule is [C-]#[N+]c1cc2c3c(c1)c1ccccc1n3-c1cccc3c1B2c1ccccc1-3. The molecule has 0 spiro atoms. The van der Waals surface area contributed by atoms with E-state index in [4.69, 9.17) is 6.57 Å². The molecular weight excluding hydrogens is 339 g/mol. The van der Waals surface area contributed by atoms with Crippen LogP contribution in [0.1, 0.15) is 0 Å². The number of nitrogens with zero attached hydrogens (tertiary/aromatic N) is 2. The van der Waals surface area contributed by atoms with Crippen LogP contribution in [0.3, 0.4) is 0 Å². The van der Waals surface area contributed by atoms with Crippen molar-refractivity contribution >= 4 is 50.6 Å². The summed E-state index contributed by atoms with van der Waals surface area (Å²) in [6.07, 6.45) is 0. The van der Waals surface area contributed by atoms with Crippen molar-refractivity contribution < 1.29 is 0 Å². The van der Waals surface area contributed by atoms with Crippen molar-refractivity contribution in [3.05, 3.63) is 90.3 Å². The fraction of sp³-hybridized carbons (Fsp3) is 0. The molecule has 2 aliphatic heterocycles. The van der Waals surface area contributed by atoms with Gasteiger partial charge in [-0.1, -0.05) is 71.6 Å². The van der Waals surface area contributed by atoms with Crippen molar-refractivity contribution in [3.63, 3.8) is 0 Å². The summed E-state index contributed by atoms with van der Waals surface area (Å²) in [6.45, 7) is 7.87. The first-order valence-electron chi connectivity index (χ1n) is 9.54. The van der Waals surface area contributed by atoms with E-state index in [-0.39, 0.29) is 6.71 Å². The van der Waals surface area contributed by atoms with Gasteiger partial charge < -0.3 is 4.57 Å². The van der Waals surface area contributed by atoms with Gasteiger partial charge in [-0.15, -0.1) is 0 Å². The molecule has 2 aliphatic rings. The molecule has 7 rings (SSSR count).